The Morgan fingerprint density at radius 1 is 1.45 bits per heavy atom. The summed E-state index contributed by atoms with van der Waals surface area (Å²) in [4.78, 5) is 8.44. The van der Waals surface area contributed by atoms with Gasteiger partial charge in [0.1, 0.15) is 0 Å². The number of aliphatic hydroxyl groups excluding tert-OH is 1. The standard InChI is InChI=1S/C5H14NO.CH2O3/c1-5(7)6(2,3)4;2-1(3)4/h5,7H,1-4H3;(H2,2,3,4)/q+1;/p-1. The van der Waals surface area contributed by atoms with Crippen LogP contribution in [0, 0.1) is 0 Å². The molecular formula is C6H15NO4. The van der Waals surface area contributed by atoms with Crippen LogP contribution in [0.3, 0.4) is 0 Å². The van der Waals surface area contributed by atoms with E-state index >= 15 is 0 Å². The molecule has 0 amide bonds. The van der Waals surface area contributed by atoms with Gasteiger partial charge in [0.25, 0.3) is 0 Å². The minimum atomic E-state index is -2.08. The lowest BCUT2D eigenvalue weighted by Crippen LogP contribution is -2.42. The van der Waals surface area contributed by atoms with Gasteiger partial charge in [0.15, 0.2) is 6.23 Å². The highest BCUT2D eigenvalue weighted by atomic mass is 16.6. The molecule has 0 fully saturated rings. The number of nitrogens with zero attached hydrogens (tertiary/aromatic N) is 1. The first-order valence-electron chi connectivity index (χ1n) is 3.07. The number of rotatable bonds is 1. The maximum absolute atomic E-state index is 8.86. The van der Waals surface area contributed by atoms with Crippen LogP contribution in [0.5, 0.6) is 0 Å². The molecule has 0 aliphatic heterocycles. The highest BCUT2D eigenvalue weighted by Crippen LogP contribution is 1.94. The third kappa shape index (κ3) is 17.6. The lowest BCUT2D eigenvalue weighted by atomic mass is 10.5. The molecule has 0 heterocycles. The Morgan fingerprint density at radius 2 is 1.55 bits per heavy atom. The zero-order valence-electron chi connectivity index (χ0n) is 7.24. The quantitative estimate of drug-likeness (QED) is 0.382. The van der Waals surface area contributed by atoms with Crippen LogP contribution in [0.15, 0.2) is 0 Å². The second kappa shape index (κ2) is 4.92. The molecule has 1 unspecified atom stereocenters. The van der Waals surface area contributed by atoms with Crippen molar-refractivity contribution in [3.8, 4) is 0 Å². The summed E-state index contributed by atoms with van der Waals surface area (Å²) in [6.45, 7) is 1.78. The van der Waals surface area contributed by atoms with Gasteiger partial charge in [0.2, 0.25) is 6.16 Å². The lowest BCUT2D eigenvalue weighted by molar-refractivity contribution is -0.916. The summed E-state index contributed by atoms with van der Waals surface area (Å²) >= 11 is 0. The molecule has 1 atom stereocenters. The van der Waals surface area contributed by atoms with Crippen molar-refractivity contribution in [3.63, 3.8) is 0 Å². The molecule has 0 spiro atoms. The molecule has 0 saturated carbocycles. The van der Waals surface area contributed by atoms with Crippen LogP contribution in [0.25, 0.3) is 0 Å². The predicted octanol–water partition coefficient (Wildman–Crippen LogP) is -1.08. The molecule has 0 aromatic heterocycles. The third-order valence-corrected chi connectivity index (χ3v) is 1.12. The first-order chi connectivity index (χ1) is 4.68. The topological polar surface area (TPSA) is 80.6 Å². The molecule has 0 radical (unpaired) electrons. The smallest absolute Gasteiger partial charge is 0.249 e. The fourth-order valence-electron chi connectivity index (χ4n) is 0. The van der Waals surface area contributed by atoms with Gasteiger partial charge in [-0.15, -0.1) is 0 Å². The second-order valence-electron chi connectivity index (χ2n) is 3.01. The van der Waals surface area contributed by atoms with Crippen LogP contribution in [-0.2, 0) is 0 Å². The SMILES string of the molecule is CC(O)[N+](C)(C)C.O=C([O-])O. The summed E-state index contributed by atoms with van der Waals surface area (Å²) in [6, 6.07) is 0. The average molecular weight is 165 g/mol. The molecule has 0 aliphatic carbocycles. The highest BCUT2D eigenvalue weighted by Gasteiger charge is 2.12. The second-order valence-corrected chi connectivity index (χ2v) is 3.01. The van der Waals surface area contributed by atoms with E-state index in [4.69, 9.17) is 20.1 Å². The number of quaternary nitrogens is 1. The van der Waals surface area contributed by atoms with Crippen molar-refractivity contribution in [3.05, 3.63) is 0 Å². The predicted molar refractivity (Wildman–Crippen MR) is 37.7 cm³/mol. The molecule has 0 aromatic carbocycles. The van der Waals surface area contributed by atoms with Gasteiger partial charge in [-0.1, -0.05) is 0 Å². The van der Waals surface area contributed by atoms with E-state index in [2.05, 4.69) is 0 Å². The van der Waals surface area contributed by atoms with Crippen LogP contribution in [0.2, 0.25) is 0 Å². The van der Waals surface area contributed by atoms with Crippen molar-refractivity contribution < 1.29 is 24.6 Å². The van der Waals surface area contributed by atoms with Crippen molar-refractivity contribution in [2.45, 2.75) is 13.2 Å². The molecule has 0 bridgehead atoms. The fraction of sp³-hybridized carbons (Fsp3) is 0.833. The summed E-state index contributed by atoms with van der Waals surface area (Å²) < 4.78 is 0.611. The van der Waals surface area contributed by atoms with Gasteiger partial charge in [-0.05, 0) is 0 Å². The number of aliphatic hydroxyl groups is 1. The van der Waals surface area contributed by atoms with Crippen LogP contribution in [0.1, 0.15) is 6.92 Å². The van der Waals surface area contributed by atoms with E-state index in [1.807, 2.05) is 21.1 Å². The van der Waals surface area contributed by atoms with Gasteiger partial charge < -0.3 is 24.6 Å². The molecule has 0 rings (SSSR count). The minimum absolute atomic E-state index is 0.264. The normalized spacial score (nSPS) is 12.8. The van der Waals surface area contributed by atoms with E-state index in [0.29, 0.717) is 4.48 Å². The Morgan fingerprint density at radius 3 is 1.55 bits per heavy atom. The Balaban J connectivity index is 0. The van der Waals surface area contributed by atoms with E-state index in [1.54, 1.807) is 6.92 Å². The molecular weight excluding hydrogens is 150 g/mol. The number of carbonyl (C=O) groups is 1. The molecule has 5 heteroatoms. The Hall–Kier alpha value is -0.810. The minimum Gasteiger partial charge on any atom is -0.565 e. The summed E-state index contributed by atoms with van der Waals surface area (Å²) in [6.07, 6.45) is -2.35. The maximum Gasteiger partial charge on any atom is 0.249 e. The van der Waals surface area contributed by atoms with Crippen LogP contribution in [0.4, 0.5) is 4.79 Å². The van der Waals surface area contributed by atoms with Gasteiger partial charge in [-0.2, -0.15) is 0 Å². The van der Waals surface area contributed by atoms with Crippen molar-refractivity contribution in [1.29, 1.82) is 0 Å². The maximum atomic E-state index is 8.86. The summed E-state index contributed by atoms with van der Waals surface area (Å²) in [5.74, 6) is 0. The lowest BCUT2D eigenvalue weighted by Gasteiger charge is -2.26. The van der Waals surface area contributed by atoms with Gasteiger partial charge in [0, 0.05) is 6.92 Å². The van der Waals surface area contributed by atoms with Crippen LogP contribution < -0.4 is 5.11 Å². The van der Waals surface area contributed by atoms with E-state index in [-0.39, 0.29) is 6.23 Å². The van der Waals surface area contributed by atoms with Gasteiger partial charge in [0.05, 0.1) is 21.1 Å². The monoisotopic (exact) mass is 165 g/mol. The summed E-state index contributed by atoms with van der Waals surface area (Å²) in [5, 5.41) is 24.2. The van der Waals surface area contributed by atoms with Crippen molar-refractivity contribution in [1.82, 2.24) is 0 Å². The zero-order valence-corrected chi connectivity index (χ0v) is 7.24. The van der Waals surface area contributed by atoms with Gasteiger partial charge in [-0.3, -0.25) is 0 Å². The van der Waals surface area contributed by atoms with Crippen LogP contribution >= 0.6 is 0 Å². The molecule has 5 nitrogen and oxygen atoms in total. The largest absolute Gasteiger partial charge is 0.565 e. The van der Waals surface area contributed by atoms with E-state index in [0.717, 1.165) is 0 Å². The Labute approximate surface area is 66.1 Å². The Bertz CT molecular complexity index is 112. The first kappa shape index (κ1) is 12.8. The molecule has 0 aliphatic rings. The first-order valence-corrected chi connectivity index (χ1v) is 3.07. The third-order valence-electron chi connectivity index (χ3n) is 1.12. The van der Waals surface area contributed by atoms with Gasteiger partial charge >= 0.3 is 0 Å². The molecule has 2 N–H and O–H groups in total. The molecule has 11 heavy (non-hydrogen) atoms. The fourth-order valence-corrected chi connectivity index (χ4v) is 0. The number of hydrogen-bond donors (Lipinski definition) is 2. The number of hydrogen-bond acceptors (Lipinski definition) is 3. The molecule has 0 aromatic rings. The average Bonchev–Trinajstić information content (AvgIpc) is 1.59. The van der Waals surface area contributed by atoms with Crippen molar-refractivity contribution >= 4 is 6.16 Å². The van der Waals surface area contributed by atoms with E-state index in [9.17, 15) is 0 Å². The van der Waals surface area contributed by atoms with E-state index in [1.165, 1.54) is 0 Å². The van der Waals surface area contributed by atoms with Crippen molar-refractivity contribution in [2.24, 2.45) is 0 Å². The Kier molecular flexibility index (Phi) is 5.74. The summed E-state index contributed by atoms with van der Waals surface area (Å²) in [5.41, 5.74) is 0. The van der Waals surface area contributed by atoms with E-state index < -0.39 is 6.16 Å². The highest BCUT2D eigenvalue weighted by molar-refractivity contribution is 5.50. The molecule has 68 valence electrons. The van der Waals surface area contributed by atoms with Crippen molar-refractivity contribution in [2.75, 3.05) is 21.1 Å². The number of carboxylic acid groups (broad SMARTS) is 2. The zero-order chi connectivity index (χ0) is 9.65. The molecule has 0 saturated heterocycles. The van der Waals surface area contributed by atoms with Crippen LogP contribution in [-0.4, -0.2) is 48.2 Å². The summed E-state index contributed by atoms with van der Waals surface area (Å²) in [7, 11) is 5.85. The van der Waals surface area contributed by atoms with Gasteiger partial charge in [-0.25, -0.2) is 0 Å².